The van der Waals surface area contributed by atoms with Gasteiger partial charge in [-0.2, -0.15) is 0 Å². The normalized spacial score (nSPS) is 6.25. The van der Waals surface area contributed by atoms with E-state index in [-0.39, 0.29) is 0 Å². The van der Waals surface area contributed by atoms with Gasteiger partial charge in [0, 0.05) is 0 Å². The molecule has 2 heteroatoms. The molecule has 0 aliphatic heterocycles. The maximum Gasteiger partial charge on any atom is 0.146 e. The summed E-state index contributed by atoms with van der Waals surface area (Å²) in [7, 11) is 1.96. The predicted molar refractivity (Wildman–Crippen MR) is 31.7 cm³/mol. The second-order valence-corrected chi connectivity index (χ2v) is 2.52. The monoisotopic (exact) mass is 166 g/mol. The van der Waals surface area contributed by atoms with Crippen molar-refractivity contribution in [2.75, 3.05) is 0 Å². The Kier molecular flexibility index (Phi) is 2.06. The van der Waals surface area contributed by atoms with Gasteiger partial charge in [0.05, 0.1) is 0 Å². The Hall–Kier alpha value is 0.535. The molecule has 0 unspecified atom stereocenters. The van der Waals surface area contributed by atoms with Crippen LogP contribution in [0, 0.1) is 0 Å². The molecular formula is C2H4BI. The molecule has 4 heavy (non-hydrogen) atoms. The Morgan fingerprint density at radius 2 is 2.00 bits per heavy atom. The molecule has 0 aromatic heterocycles. The van der Waals surface area contributed by atoms with Crippen LogP contribution < -0.4 is 0 Å². The van der Waals surface area contributed by atoms with E-state index in [9.17, 15) is 0 Å². The quantitative estimate of drug-likeness (QED) is 0.363. The highest BCUT2D eigenvalue weighted by Gasteiger charge is 1.56. The van der Waals surface area contributed by atoms with E-state index < -0.39 is 0 Å². The number of hydrogen-bond acceptors (Lipinski definition) is 0. The molecule has 0 fully saturated rings. The van der Waals surface area contributed by atoms with Crippen molar-refractivity contribution in [1.29, 1.82) is 0 Å². The minimum Gasteiger partial charge on any atom is -0.0995 e. The van der Waals surface area contributed by atoms with Crippen LogP contribution in [0.2, 0.25) is 0 Å². The fourth-order valence-electron chi connectivity index (χ4n) is 0. The lowest BCUT2D eigenvalue weighted by Crippen LogP contribution is -1.48. The number of halogens is 1. The molecule has 0 bridgehead atoms. The van der Waals surface area contributed by atoms with Crippen molar-refractivity contribution in [2.24, 2.45) is 0 Å². The lowest BCUT2D eigenvalue weighted by atomic mass is 10.2. The van der Waals surface area contributed by atoms with Crippen LogP contribution in [0.1, 0.15) is 0 Å². The Bertz CT molecular complexity index is 29.0. The average molecular weight is 166 g/mol. The second kappa shape index (κ2) is 1.82. The van der Waals surface area contributed by atoms with Crippen LogP contribution in [-0.4, -0.2) is 7.85 Å². The largest absolute Gasteiger partial charge is 0.146 e. The van der Waals surface area contributed by atoms with E-state index in [0.717, 1.165) is 3.48 Å². The Labute approximate surface area is 40.8 Å². The first-order valence-electron chi connectivity index (χ1n) is 1.04. The van der Waals surface area contributed by atoms with Gasteiger partial charge >= 0.3 is 0 Å². The average Bonchev–Trinajstić information content (AvgIpc) is 0.811. The zero-order valence-electron chi connectivity index (χ0n) is 2.59. The van der Waals surface area contributed by atoms with Gasteiger partial charge in [0.25, 0.3) is 0 Å². The highest BCUT2D eigenvalue weighted by molar-refractivity contribution is 14.1. The van der Waals surface area contributed by atoms with E-state index in [0.29, 0.717) is 0 Å². The molecule has 0 spiro atoms. The van der Waals surface area contributed by atoms with E-state index >= 15 is 0 Å². The van der Waals surface area contributed by atoms with E-state index in [4.69, 9.17) is 0 Å². The lowest BCUT2D eigenvalue weighted by Gasteiger charge is -1.61. The molecule has 0 saturated carbocycles. The molecule has 0 aliphatic carbocycles. The number of rotatable bonds is 0. The molecule has 0 saturated heterocycles. The summed E-state index contributed by atoms with van der Waals surface area (Å²) < 4.78 is 1.14. The first-order chi connectivity index (χ1) is 1.73. The highest BCUT2D eigenvalue weighted by atomic mass is 127. The summed E-state index contributed by atoms with van der Waals surface area (Å²) in [5.41, 5.74) is 0. The molecule has 0 N–H and O–H groups in total. The lowest BCUT2D eigenvalue weighted by molar-refractivity contribution is 2.58. The summed E-state index contributed by atoms with van der Waals surface area (Å²) in [5, 5.41) is 0. The van der Waals surface area contributed by atoms with Crippen LogP contribution >= 0.6 is 22.6 Å². The van der Waals surface area contributed by atoms with Crippen molar-refractivity contribution in [2.45, 2.75) is 0 Å². The van der Waals surface area contributed by atoms with E-state index in [1.807, 2.05) is 7.85 Å². The van der Waals surface area contributed by atoms with Crippen molar-refractivity contribution < 1.29 is 0 Å². The van der Waals surface area contributed by atoms with Crippen molar-refractivity contribution in [3.8, 4) is 0 Å². The van der Waals surface area contributed by atoms with Gasteiger partial charge in [-0.3, -0.25) is 0 Å². The van der Waals surface area contributed by atoms with Crippen LogP contribution in [0.25, 0.3) is 0 Å². The minimum atomic E-state index is 1.14. The molecule has 22 valence electrons. The minimum absolute atomic E-state index is 1.14. The maximum atomic E-state index is 3.54. The van der Waals surface area contributed by atoms with Gasteiger partial charge in [0.15, 0.2) is 0 Å². The van der Waals surface area contributed by atoms with Crippen molar-refractivity contribution in [3.63, 3.8) is 0 Å². The maximum absolute atomic E-state index is 3.54. The van der Waals surface area contributed by atoms with Gasteiger partial charge < -0.3 is 0 Å². The summed E-state index contributed by atoms with van der Waals surface area (Å²) in [6.45, 7) is 3.54. The summed E-state index contributed by atoms with van der Waals surface area (Å²) >= 11 is 2.15. The topological polar surface area (TPSA) is 0 Å². The molecule has 0 aliphatic rings. The molecule has 0 aromatic rings. The first kappa shape index (κ1) is 4.53. The van der Waals surface area contributed by atoms with Crippen molar-refractivity contribution >= 4 is 30.4 Å². The van der Waals surface area contributed by atoms with Gasteiger partial charge in [-0.15, -0.1) is 0 Å². The smallest absolute Gasteiger partial charge is 0.0995 e. The molecule has 0 radical (unpaired) electrons. The molecule has 0 amide bonds. The van der Waals surface area contributed by atoms with E-state index in [1.165, 1.54) is 0 Å². The van der Waals surface area contributed by atoms with Crippen LogP contribution in [-0.2, 0) is 0 Å². The first-order valence-corrected chi connectivity index (χ1v) is 2.12. The molecule has 0 heterocycles. The molecular weight excluding hydrogens is 162 g/mol. The van der Waals surface area contributed by atoms with Crippen LogP contribution in [0.4, 0.5) is 0 Å². The van der Waals surface area contributed by atoms with Crippen molar-refractivity contribution in [1.82, 2.24) is 0 Å². The highest BCUT2D eigenvalue weighted by Crippen LogP contribution is 1.89. The fraction of sp³-hybridized carbons (Fsp3) is 0. The van der Waals surface area contributed by atoms with Gasteiger partial charge in [-0.1, -0.05) is 32.6 Å². The summed E-state index contributed by atoms with van der Waals surface area (Å²) in [5.74, 6) is 0. The van der Waals surface area contributed by atoms with Crippen LogP contribution in [0.15, 0.2) is 10.1 Å². The SMILES string of the molecule is BC(=C)I. The Morgan fingerprint density at radius 1 is 2.00 bits per heavy atom. The van der Waals surface area contributed by atoms with Gasteiger partial charge in [-0.05, 0) is 0 Å². The molecule has 0 nitrogen and oxygen atoms in total. The summed E-state index contributed by atoms with van der Waals surface area (Å²) in [6.07, 6.45) is 0. The molecule has 0 aromatic carbocycles. The molecule has 0 rings (SSSR count). The van der Waals surface area contributed by atoms with Crippen molar-refractivity contribution in [3.05, 3.63) is 10.1 Å². The predicted octanol–water partition coefficient (Wildman–Crippen LogP) is 0.526. The third-order valence-corrected chi connectivity index (χ3v) is 0. The second-order valence-electron chi connectivity index (χ2n) is 0.676. The van der Waals surface area contributed by atoms with Crippen LogP contribution in [0.3, 0.4) is 0 Å². The van der Waals surface area contributed by atoms with E-state index in [1.54, 1.807) is 0 Å². The summed E-state index contributed by atoms with van der Waals surface area (Å²) in [4.78, 5) is 0. The third-order valence-electron chi connectivity index (χ3n) is 0. The van der Waals surface area contributed by atoms with E-state index in [2.05, 4.69) is 29.2 Å². The summed E-state index contributed by atoms with van der Waals surface area (Å²) in [6, 6.07) is 0. The van der Waals surface area contributed by atoms with Gasteiger partial charge in [-0.25, -0.2) is 0 Å². The zero-order chi connectivity index (χ0) is 3.58. The van der Waals surface area contributed by atoms with Gasteiger partial charge in [0.2, 0.25) is 0 Å². The Morgan fingerprint density at radius 3 is 2.00 bits per heavy atom. The standard InChI is InChI=1S/C2H4BI/c1-2(3)4/h1,3H2. The molecule has 0 atom stereocenters. The van der Waals surface area contributed by atoms with Crippen LogP contribution in [0.5, 0.6) is 0 Å². The third kappa shape index (κ3) is 20.9. The Balaban J connectivity index is 2.80. The van der Waals surface area contributed by atoms with Gasteiger partial charge in [0.1, 0.15) is 7.85 Å². The fourth-order valence-corrected chi connectivity index (χ4v) is 0. The number of hydrogen-bond donors (Lipinski definition) is 0. The zero-order valence-corrected chi connectivity index (χ0v) is 4.74.